The minimum absolute atomic E-state index is 0.114. The molecule has 130 valence electrons. The van der Waals surface area contributed by atoms with Crippen LogP contribution in [0.1, 0.15) is 17.5 Å². The quantitative estimate of drug-likeness (QED) is 0.536. The Hall–Kier alpha value is -3.14. The van der Waals surface area contributed by atoms with Crippen molar-refractivity contribution >= 4 is 28.8 Å². The molecule has 1 aliphatic heterocycles. The van der Waals surface area contributed by atoms with E-state index in [-0.39, 0.29) is 18.2 Å². The average molecular weight is 344 g/mol. The van der Waals surface area contributed by atoms with Crippen molar-refractivity contribution in [2.45, 2.75) is 12.8 Å². The molecule has 0 bridgehead atoms. The zero-order valence-electron chi connectivity index (χ0n) is 14.7. The van der Waals surface area contributed by atoms with E-state index in [1.54, 1.807) is 0 Å². The van der Waals surface area contributed by atoms with Crippen LogP contribution in [0.2, 0.25) is 0 Å². The van der Waals surface area contributed by atoms with Crippen LogP contribution >= 0.6 is 0 Å². The van der Waals surface area contributed by atoms with Crippen molar-refractivity contribution < 1.29 is 9.59 Å². The Morgan fingerprint density at radius 2 is 1.73 bits per heavy atom. The highest BCUT2D eigenvalue weighted by atomic mass is 16.2. The first-order valence-electron chi connectivity index (χ1n) is 8.77. The summed E-state index contributed by atoms with van der Waals surface area (Å²) in [6, 6.07) is 18.0. The molecule has 26 heavy (non-hydrogen) atoms. The number of nitrogens with zero attached hydrogens (tertiary/aromatic N) is 2. The van der Waals surface area contributed by atoms with E-state index in [4.69, 9.17) is 0 Å². The van der Waals surface area contributed by atoms with Crippen molar-refractivity contribution in [3.05, 3.63) is 77.5 Å². The molecule has 1 saturated heterocycles. The maximum Gasteiger partial charge on any atom is 0.256 e. The van der Waals surface area contributed by atoms with Gasteiger partial charge in [-0.2, -0.15) is 0 Å². The molecule has 1 fully saturated rings. The molecule has 0 spiro atoms. The number of imide groups is 1. The second kappa shape index (κ2) is 6.64. The van der Waals surface area contributed by atoms with Crippen LogP contribution in [0.4, 0.5) is 0 Å². The van der Waals surface area contributed by atoms with Gasteiger partial charge in [-0.25, -0.2) is 0 Å². The highest BCUT2D eigenvalue weighted by molar-refractivity contribution is 6.16. The lowest BCUT2D eigenvalue weighted by atomic mass is 10.1. The fraction of sp³-hybridized carbons (Fsp3) is 0.182. The van der Waals surface area contributed by atoms with Gasteiger partial charge in [0.05, 0.1) is 6.42 Å². The SMILES string of the molecule is Cn1cc(C=C2CC(=O)N(CCc3ccccc3)C2=O)c2ccccc21. The Morgan fingerprint density at radius 3 is 2.54 bits per heavy atom. The summed E-state index contributed by atoms with van der Waals surface area (Å²) < 4.78 is 2.04. The third kappa shape index (κ3) is 2.94. The monoisotopic (exact) mass is 344 g/mol. The fourth-order valence-corrected chi connectivity index (χ4v) is 3.52. The minimum Gasteiger partial charge on any atom is -0.350 e. The molecule has 0 atom stereocenters. The van der Waals surface area contributed by atoms with E-state index in [0.29, 0.717) is 18.5 Å². The van der Waals surface area contributed by atoms with Crippen LogP contribution in [0.15, 0.2) is 66.4 Å². The van der Waals surface area contributed by atoms with Crippen LogP contribution in [0.3, 0.4) is 0 Å². The molecule has 2 aromatic carbocycles. The highest BCUT2D eigenvalue weighted by Crippen LogP contribution is 2.27. The van der Waals surface area contributed by atoms with Gasteiger partial charge in [0.25, 0.3) is 5.91 Å². The second-order valence-corrected chi connectivity index (χ2v) is 6.64. The van der Waals surface area contributed by atoms with E-state index in [2.05, 4.69) is 0 Å². The van der Waals surface area contributed by atoms with Gasteiger partial charge >= 0.3 is 0 Å². The summed E-state index contributed by atoms with van der Waals surface area (Å²) in [6.45, 7) is 0.425. The van der Waals surface area contributed by atoms with Gasteiger partial charge in [-0.05, 0) is 24.1 Å². The number of carbonyl (C=O) groups is 2. The van der Waals surface area contributed by atoms with E-state index < -0.39 is 0 Å². The molecule has 4 nitrogen and oxygen atoms in total. The first kappa shape index (κ1) is 16.3. The number of para-hydroxylation sites is 1. The maximum absolute atomic E-state index is 12.7. The number of likely N-dealkylation sites (tertiary alicyclic amines) is 1. The Bertz CT molecular complexity index is 1020. The zero-order valence-corrected chi connectivity index (χ0v) is 14.7. The summed E-state index contributed by atoms with van der Waals surface area (Å²) in [7, 11) is 1.98. The fourth-order valence-electron chi connectivity index (χ4n) is 3.52. The van der Waals surface area contributed by atoms with Crippen LogP contribution in [-0.2, 0) is 23.1 Å². The number of amides is 2. The lowest BCUT2D eigenvalue weighted by Crippen LogP contribution is -2.31. The van der Waals surface area contributed by atoms with Gasteiger partial charge in [-0.1, -0.05) is 48.5 Å². The van der Waals surface area contributed by atoms with E-state index in [1.807, 2.05) is 78.5 Å². The number of benzene rings is 2. The predicted molar refractivity (Wildman–Crippen MR) is 102 cm³/mol. The van der Waals surface area contributed by atoms with Crippen LogP contribution in [-0.4, -0.2) is 27.8 Å². The first-order chi connectivity index (χ1) is 12.6. The largest absolute Gasteiger partial charge is 0.350 e. The molecule has 0 radical (unpaired) electrons. The van der Waals surface area contributed by atoms with Crippen LogP contribution in [0, 0.1) is 0 Å². The van der Waals surface area contributed by atoms with E-state index >= 15 is 0 Å². The van der Waals surface area contributed by atoms with E-state index in [1.165, 1.54) is 4.90 Å². The average Bonchev–Trinajstić information content (AvgIpc) is 3.11. The van der Waals surface area contributed by atoms with Crippen molar-refractivity contribution in [1.29, 1.82) is 0 Å². The molecule has 3 aromatic rings. The smallest absolute Gasteiger partial charge is 0.256 e. The molecule has 0 unspecified atom stereocenters. The Balaban J connectivity index is 1.57. The summed E-state index contributed by atoms with van der Waals surface area (Å²) in [5.74, 6) is -0.281. The van der Waals surface area contributed by atoms with Gasteiger partial charge in [-0.3, -0.25) is 14.5 Å². The molecule has 2 heterocycles. The molecular weight excluding hydrogens is 324 g/mol. The molecule has 4 heteroatoms. The number of rotatable bonds is 4. The molecule has 4 rings (SSSR count). The van der Waals surface area contributed by atoms with Crippen molar-refractivity contribution in [3.63, 3.8) is 0 Å². The third-order valence-electron chi connectivity index (χ3n) is 4.89. The molecule has 0 N–H and O–H groups in total. The molecule has 0 saturated carbocycles. The Labute approximate surface area is 152 Å². The van der Waals surface area contributed by atoms with Crippen LogP contribution in [0.25, 0.3) is 17.0 Å². The molecular formula is C22H20N2O2. The summed E-state index contributed by atoms with van der Waals surface area (Å²) >= 11 is 0. The van der Waals surface area contributed by atoms with Crippen molar-refractivity contribution in [1.82, 2.24) is 9.47 Å². The topological polar surface area (TPSA) is 42.3 Å². The third-order valence-corrected chi connectivity index (χ3v) is 4.89. The first-order valence-corrected chi connectivity index (χ1v) is 8.77. The zero-order chi connectivity index (χ0) is 18.1. The second-order valence-electron chi connectivity index (χ2n) is 6.64. The van der Waals surface area contributed by atoms with Gasteiger partial charge in [0.2, 0.25) is 5.91 Å². The van der Waals surface area contributed by atoms with Gasteiger partial charge in [0, 0.05) is 41.8 Å². The lowest BCUT2D eigenvalue weighted by molar-refractivity contribution is -0.137. The summed E-state index contributed by atoms with van der Waals surface area (Å²) in [6.07, 6.45) is 4.73. The molecule has 1 aliphatic rings. The number of carbonyl (C=O) groups excluding carboxylic acids is 2. The summed E-state index contributed by atoms with van der Waals surface area (Å²) in [4.78, 5) is 26.4. The van der Waals surface area contributed by atoms with E-state index in [9.17, 15) is 9.59 Å². The Morgan fingerprint density at radius 1 is 1.00 bits per heavy atom. The Kier molecular flexibility index (Phi) is 4.17. The van der Waals surface area contributed by atoms with Gasteiger partial charge in [-0.15, -0.1) is 0 Å². The number of hydrogen-bond acceptors (Lipinski definition) is 2. The van der Waals surface area contributed by atoms with Crippen molar-refractivity contribution in [3.8, 4) is 0 Å². The van der Waals surface area contributed by atoms with Crippen molar-refractivity contribution in [2.24, 2.45) is 7.05 Å². The predicted octanol–water partition coefficient (Wildman–Crippen LogP) is 3.56. The highest BCUT2D eigenvalue weighted by Gasteiger charge is 2.33. The van der Waals surface area contributed by atoms with Crippen LogP contribution < -0.4 is 0 Å². The number of fused-ring (bicyclic) bond motifs is 1. The van der Waals surface area contributed by atoms with Crippen molar-refractivity contribution in [2.75, 3.05) is 6.54 Å². The summed E-state index contributed by atoms with van der Waals surface area (Å²) in [5.41, 5.74) is 3.78. The van der Waals surface area contributed by atoms with Crippen LogP contribution in [0.5, 0.6) is 0 Å². The molecule has 2 amide bonds. The normalized spacial score (nSPS) is 16.2. The van der Waals surface area contributed by atoms with Gasteiger partial charge in [0.1, 0.15) is 0 Å². The maximum atomic E-state index is 12.7. The standard InChI is InChI=1S/C22H20N2O2/c1-23-15-18(19-9-5-6-10-20(19)23)13-17-14-21(25)24(22(17)26)12-11-16-7-3-2-4-8-16/h2-10,13,15H,11-12,14H2,1H3. The van der Waals surface area contributed by atoms with Gasteiger partial charge in [0.15, 0.2) is 0 Å². The minimum atomic E-state index is -0.168. The summed E-state index contributed by atoms with van der Waals surface area (Å²) in [5, 5.41) is 1.09. The molecule has 1 aromatic heterocycles. The number of aromatic nitrogens is 1. The lowest BCUT2D eigenvalue weighted by Gasteiger charge is -2.13. The molecule has 0 aliphatic carbocycles. The number of aryl methyl sites for hydroxylation is 1. The van der Waals surface area contributed by atoms with E-state index in [0.717, 1.165) is 22.0 Å². The number of hydrogen-bond donors (Lipinski definition) is 0. The van der Waals surface area contributed by atoms with Gasteiger partial charge < -0.3 is 4.57 Å².